The molecule has 30 heavy (non-hydrogen) atoms. The molecule has 158 valence electrons. The minimum atomic E-state index is -1.00. The molecule has 0 radical (unpaired) electrons. The van der Waals surface area contributed by atoms with Gasteiger partial charge < -0.3 is 24.4 Å². The molecule has 0 spiro atoms. The van der Waals surface area contributed by atoms with Crippen molar-refractivity contribution in [2.75, 3.05) is 20.3 Å². The van der Waals surface area contributed by atoms with Crippen molar-refractivity contribution in [3.8, 4) is 11.5 Å². The number of hydrogen-bond donors (Lipinski definition) is 1. The van der Waals surface area contributed by atoms with Crippen molar-refractivity contribution in [1.29, 1.82) is 0 Å². The van der Waals surface area contributed by atoms with E-state index in [4.69, 9.17) is 26.4 Å². The fourth-order valence-corrected chi connectivity index (χ4v) is 4.80. The van der Waals surface area contributed by atoms with Gasteiger partial charge in [0.25, 0.3) is 0 Å². The van der Waals surface area contributed by atoms with Crippen molar-refractivity contribution >= 4 is 23.3 Å². The molecule has 2 bridgehead atoms. The molecule has 0 amide bonds. The van der Waals surface area contributed by atoms with Crippen LogP contribution in [0.15, 0.2) is 48.5 Å². The van der Waals surface area contributed by atoms with E-state index < -0.39 is 11.6 Å². The molecule has 7 heteroatoms. The largest absolute Gasteiger partial charge is 0.493 e. The number of rotatable bonds is 6. The van der Waals surface area contributed by atoms with E-state index >= 15 is 0 Å². The van der Waals surface area contributed by atoms with Crippen LogP contribution in [0.1, 0.15) is 31.0 Å². The second kappa shape index (κ2) is 8.14. The normalized spacial score (nSPS) is 24.4. The molecule has 3 atom stereocenters. The van der Waals surface area contributed by atoms with E-state index in [1.54, 1.807) is 7.11 Å². The quantitative estimate of drug-likeness (QED) is 0.561. The molecule has 1 N–H and O–H groups in total. The van der Waals surface area contributed by atoms with Crippen LogP contribution in [0.25, 0.3) is 0 Å². The van der Waals surface area contributed by atoms with E-state index in [-0.39, 0.29) is 12.0 Å². The van der Waals surface area contributed by atoms with Crippen molar-refractivity contribution in [1.82, 2.24) is 10.2 Å². The number of thiocarbonyl (C=S) groups is 1. The van der Waals surface area contributed by atoms with E-state index in [0.717, 1.165) is 12.0 Å². The van der Waals surface area contributed by atoms with Gasteiger partial charge in [-0.15, -0.1) is 0 Å². The number of fused-ring (bicyclic) bond motifs is 4. The van der Waals surface area contributed by atoms with Crippen LogP contribution in [0, 0.1) is 5.92 Å². The Kier molecular flexibility index (Phi) is 5.56. The summed E-state index contributed by atoms with van der Waals surface area (Å²) in [6, 6.07) is 15.5. The fourth-order valence-electron chi connectivity index (χ4n) is 4.40. The predicted octanol–water partition coefficient (Wildman–Crippen LogP) is 3.46. The molecule has 2 heterocycles. The highest BCUT2D eigenvalue weighted by molar-refractivity contribution is 7.80. The maximum atomic E-state index is 13.1. The monoisotopic (exact) mass is 426 g/mol. The molecule has 2 aliphatic heterocycles. The minimum absolute atomic E-state index is 0.303. The highest BCUT2D eigenvalue weighted by atomic mass is 32.1. The van der Waals surface area contributed by atoms with E-state index in [9.17, 15) is 4.79 Å². The van der Waals surface area contributed by atoms with Crippen LogP contribution in [0.5, 0.6) is 11.5 Å². The Hall–Kier alpha value is -2.80. The summed E-state index contributed by atoms with van der Waals surface area (Å²) in [4.78, 5) is 15.0. The predicted molar refractivity (Wildman–Crippen MR) is 117 cm³/mol. The van der Waals surface area contributed by atoms with Gasteiger partial charge in [-0.2, -0.15) is 0 Å². The number of nitrogens with zero attached hydrogens (tertiary/aromatic N) is 1. The smallest absolute Gasteiger partial charge is 0.317 e. The lowest BCUT2D eigenvalue weighted by Gasteiger charge is -2.55. The summed E-state index contributed by atoms with van der Waals surface area (Å²) in [5.41, 5.74) is 1.03. The van der Waals surface area contributed by atoms with Gasteiger partial charge in [0.15, 0.2) is 22.3 Å². The van der Waals surface area contributed by atoms with Crippen molar-refractivity contribution < 1.29 is 19.0 Å². The molecule has 2 aliphatic rings. The summed E-state index contributed by atoms with van der Waals surface area (Å²) in [5, 5.41) is 3.94. The third-order valence-corrected chi connectivity index (χ3v) is 6.19. The number of carbonyl (C=O) groups excluding carboxylic acids is 1. The molecule has 2 aromatic rings. The average Bonchev–Trinajstić information content (AvgIpc) is 2.73. The number of ether oxygens (including phenoxy) is 3. The van der Waals surface area contributed by atoms with E-state index in [0.29, 0.717) is 29.8 Å². The number of esters is 1. The number of benzene rings is 2. The zero-order chi connectivity index (χ0) is 21.3. The number of nitrogens with one attached hydrogen (secondary N) is 1. The molecule has 0 aromatic heterocycles. The highest BCUT2D eigenvalue weighted by Crippen LogP contribution is 2.51. The van der Waals surface area contributed by atoms with Crippen LogP contribution in [0.2, 0.25) is 0 Å². The van der Waals surface area contributed by atoms with Gasteiger partial charge in [-0.05, 0) is 44.1 Å². The van der Waals surface area contributed by atoms with Crippen molar-refractivity contribution in [3.63, 3.8) is 0 Å². The van der Waals surface area contributed by atoms with Crippen molar-refractivity contribution in [2.24, 2.45) is 5.92 Å². The summed E-state index contributed by atoms with van der Waals surface area (Å²) >= 11 is 5.71. The van der Waals surface area contributed by atoms with Crippen LogP contribution in [-0.4, -0.2) is 42.0 Å². The fraction of sp³-hybridized carbons (Fsp3) is 0.391. The number of para-hydroxylation sites is 1. The van der Waals surface area contributed by atoms with Crippen LogP contribution in [0.4, 0.5) is 0 Å². The second-order valence-corrected chi connectivity index (χ2v) is 7.97. The van der Waals surface area contributed by atoms with Gasteiger partial charge in [-0.25, -0.2) is 0 Å². The molecular formula is C23H26N2O4S. The lowest BCUT2D eigenvalue weighted by molar-refractivity contribution is -0.175. The first-order valence-electron chi connectivity index (χ1n) is 10.1. The lowest BCUT2D eigenvalue weighted by atomic mass is 9.79. The van der Waals surface area contributed by atoms with Crippen molar-refractivity contribution in [3.05, 3.63) is 59.7 Å². The number of hydrogen-bond acceptors (Lipinski definition) is 5. The molecule has 0 aliphatic carbocycles. The first kappa shape index (κ1) is 20.5. The molecule has 1 fully saturated rings. The van der Waals surface area contributed by atoms with Crippen LogP contribution < -0.4 is 14.8 Å². The van der Waals surface area contributed by atoms with Gasteiger partial charge in [0, 0.05) is 12.1 Å². The maximum absolute atomic E-state index is 13.1. The third-order valence-electron chi connectivity index (χ3n) is 5.85. The minimum Gasteiger partial charge on any atom is -0.493 e. The number of methoxy groups -OCH3 is 1. The Bertz CT molecular complexity index is 951. The molecule has 0 saturated carbocycles. The van der Waals surface area contributed by atoms with Gasteiger partial charge in [0.05, 0.1) is 19.8 Å². The third kappa shape index (κ3) is 3.37. The van der Waals surface area contributed by atoms with Gasteiger partial charge >= 0.3 is 5.97 Å². The average molecular weight is 427 g/mol. The Balaban J connectivity index is 1.75. The Morgan fingerprint density at radius 1 is 1.23 bits per heavy atom. The molecule has 4 rings (SSSR count). The summed E-state index contributed by atoms with van der Waals surface area (Å²) in [6.45, 7) is 4.62. The zero-order valence-corrected chi connectivity index (χ0v) is 18.2. The van der Waals surface area contributed by atoms with Crippen LogP contribution in [0.3, 0.4) is 0 Å². The van der Waals surface area contributed by atoms with Gasteiger partial charge in [-0.3, -0.25) is 4.79 Å². The molecule has 1 saturated heterocycles. The highest BCUT2D eigenvalue weighted by Gasteiger charge is 2.59. The Morgan fingerprint density at radius 3 is 2.70 bits per heavy atom. The van der Waals surface area contributed by atoms with E-state index in [1.165, 1.54) is 5.56 Å². The molecule has 0 unspecified atom stereocenters. The topological polar surface area (TPSA) is 60.0 Å². The molecule has 6 nitrogen and oxygen atoms in total. The first-order valence-corrected chi connectivity index (χ1v) is 10.5. The van der Waals surface area contributed by atoms with E-state index in [1.807, 2.05) is 55.1 Å². The number of carbonyl (C=O) groups is 1. The van der Waals surface area contributed by atoms with E-state index in [2.05, 4.69) is 17.4 Å². The van der Waals surface area contributed by atoms with Crippen LogP contribution in [-0.2, 0) is 16.0 Å². The SMILES string of the molecule is CCOC(=O)[C@H]1[C@H]2NC(=S)N(CCc3ccccc3)[C@@]1(C)Oc1c(OC)cccc12. The van der Waals surface area contributed by atoms with Crippen molar-refractivity contribution in [2.45, 2.75) is 32.0 Å². The van der Waals surface area contributed by atoms with Gasteiger partial charge in [0.2, 0.25) is 0 Å². The summed E-state index contributed by atoms with van der Waals surface area (Å²) in [6.07, 6.45) is 0.764. The summed E-state index contributed by atoms with van der Waals surface area (Å²) in [5.74, 6) is 0.370. The summed E-state index contributed by atoms with van der Waals surface area (Å²) in [7, 11) is 1.61. The Morgan fingerprint density at radius 2 is 2.00 bits per heavy atom. The Labute approximate surface area is 182 Å². The summed E-state index contributed by atoms with van der Waals surface area (Å²) < 4.78 is 17.5. The van der Waals surface area contributed by atoms with Gasteiger partial charge in [-0.1, -0.05) is 42.5 Å². The van der Waals surface area contributed by atoms with Crippen LogP contribution >= 0.6 is 12.2 Å². The second-order valence-electron chi connectivity index (χ2n) is 7.58. The first-order chi connectivity index (χ1) is 14.5. The molecule has 2 aromatic carbocycles. The standard InChI is InChI=1S/C23H26N2O4S/c1-4-28-21(26)18-19-16-11-8-12-17(27-3)20(16)29-23(18,2)25(22(30)24-19)14-13-15-9-6-5-7-10-15/h5-12,18-19H,4,13-14H2,1-3H3,(H,24,30)/t18-,19+,23+/m1/s1. The lowest BCUT2D eigenvalue weighted by Crippen LogP contribution is -2.71. The molecular weight excluding hydrogens is 400 g/mol. The van der Waals surface area contributed by atoms with Gasteiger partial charge in [0.1, 0.15) is 5.92 Å². The zero-order valence-electron chi connectivity index (χ0n) is 17.4. The maximum Gasteiger partial charge on any atom is 0.317 e.